The van der Waals surface area contributed by atoms with E-state index in [1.165, 1.54) is 12.8 Å². The van der Waals surface area contributed by atoms with Gasteiger partial charge in [-0.05, 0) is 44.9 Å². The molecule has 2 atom stereocenters. The molecule has 3 heterocycles. The molecule has 0 aromatic heterocycles. The summed E-state index contributed by atoms with van der Waals surface area (Å²) in [5.74, 6) is -0.663. The minimum Gasteiger partial charge on any atom is -0.300 e. The Balaban J connectivity index is 1.52. The van der Waals surface area contributed by atoms with Gasteiger partial charge in [0.2, 0.25) is 0 Å². The van der Waals surface area contributed by atoms with Crippen LogP contribution < -0.4 is 0 Å². The number of carbonyl (C=O) groups is 2. The molecule has 4 rings (SSSR count). The first-order valence-corrected chi connectivity index (χ1v) is 7.51. The summed E-state index contributed by atoms with van der Waals surface area (Å²) in [4.78, 5) is 32.8. The van der Waals surface area contributed by atoms with Crippen molar-refractivity contribution in [3.05, 3.63) is 35.4 Å². The highest BCUT2D eigenvalue weighted by Gasteiger charge is 2.43. The van der Waals surface area contributed by atoms with Crippen molar-refractivity contribution in [3.8, 4) is 0 Å². The van der Waals surface area contributed by atoms with E-state index < -0.39 is 0 Å². The summed E-state index contributed by atoms with van der Waals surface area (Å²) in [5.41, 5.74) is 0.886. The molecule has 0 spiro atoms. The van der Waals surface area contributed by atoms with Gasteiger partial charge in [0.1, 0.15) is 0 Å². The summed E-state index contributed by atoms with van der Waals surface area (Å²) >= 11 is 0. The Labute approximate surface area is 123 Å². The second-order valence-electron chi connectivity index (χ2n) is 6.20. The number of hydrogen-bond acceptors (Lipinski definition) is 4. The molecule has 1 aromatic rings. The first-order chi connectivity index (χ1) is 10.1. The van der Waals surface area contributed by atoms with E-state index in [4.69, 9.17) is 4.84 Å². The van der Waals surface area contributed by atoms with Gasteiger partial charge in [0.15, 0.2) is 0 Å². The number of piperidine rings is 1. The molecule has 3 aliphatic rings. The van der Waals surface area contributed by atoms with E-state index in [1.54, 1.807) is 24.3 Å². The fourth-order valence-electron chi connectivity index (χ4n) is 3.86. The standard InChI is InChI=1S/C16H18N2O3/c1-17-10-6-7-11(17)9-12(8-10)21-18-15(19)13-4-2-3-5-14(13)16(18)20/h2-5,10-12H,6-9H2,1H3. The Kier molecular flexibility index (Phi) is 2.87. The van der Waals surface area contributed by atoms with Crippen LogP contribution in [0.15, 0.2) is 24.3 Å². The average molecular weight is 286 g/mol. The van der Waals surface area contributed by atoms with Gasteiger partial charge in [0.05, 0.1) is 17.2 Å². The van der Waals surface area contributed by atoms with Crippen molar-refractivity contribution >= 4 is 11.8 Å². The van der Waals surface area contributed by atoms with Crippen LogP contribution in [-0.2, 0) is 4.84 Å². The Morgan fingerprint density at radius 2 is 1.52 bits per heavy atom. The van der Waals surface area contributed by atoms with E-state index >= 15 is 0 Å². The normalized spacial score (nSPS) is 31.9. The van der Waals surface area contributed by atoms with E-state index in [2.05, 4.69) is 11.9 Å². The number of amides is 2. The lowest BCUT2D eigenvalue weighted by Crippen LogP contribution is -2.46. The van der Waals surface area contributed by atoms with Crippen molar-refractivity contribution in [1.29, 1.82) is 0 Å². The van der Waals surface area contributed by atoms with Crippen LogP contribution in [0.3, 0.4) is 0 Å². The summed E-state index contributed by atoms with van der Waals surface area (Å²) in [5, 5.41) is 0.972. The Morgan fingerprint density at radius 3 is 2.05 bits per heavy atom. The molecule has 21 heavy (non-hydrogen) atoms. The van der Waals surface area contributed by atoms with Crippen LogP contribution in [0.2, 0.25) is 0 Å². The number of hydrogen-bond donors (Lipinski definition) is 0. The number of carbonyl (C=O) groups excluding carboxylic acids is 2. The molecule has 0 saturated carbocycles. The molecule has 2 amide bonds. The zero-order valence-corrected chi connectivity index (χ0v) is 12.0. The van der Waals surface area contributed by atoms with Gasteiger partial charge in [0.25, 0.3) is 11.8 Å². The lowest BCUT2D eigenvalue weighted by atomic mass is 10.0. The summed E-state index contributed by atoms with van der Waals surface area (Å²) in [6, 6.07) is 7.93. The second kappa shape index (κ2) is 4.64. The van der Waals surface area contributed by atoms with Gasteiger partial charge in [-0.15, -0.1) is 5.06 Å². The van der Waals surface area contributed by atoms with Crippen molar-refractivity contribution in [3.63, 3.8) is 0 Å². The molecule has 5 nitrogen and oxygen atoms in total. The SMILES string of the molecule is CN1C2CCC1CC(ON1C(=O)c3ccccc3C1=O)C2. The highest BCUT2D eigenvalue weighted by atomic mass is 16.7. The van der Waals surface area contributed by atoms with E-state index in [0.717, 1.165) is 17.9 Å². The van der Waals surface area contributed by atoms with Crippen molar-refractivity contribution in [1.82, 2.24) is 9.96 Å². The van der Waals surface area contributed by atoms with E-state index in [1.807, 2.05) is 0 Å². The lowest BCUT2D eigenvalue weighted by molar-refractivity contribution is -0.152. The Hall–Kier alpha value is -1.72. The quantitative estimate of drug-likeness (QED) is 0.778. The lowest BCUT2D eigenvalue weighted by Gasteiger charge is -2.36. The molecule has 3 aliphatic heterocycles. The molecule has 5 heteroatoms. The molecule has 2 bridgehead atoms. The van der Waals surface area contributed by atoms with Gasteiger partial charge >= 0.3 is 0 Å². The Bertz CT molecular complexity index is 566. The van der Waals surface area contributed by atoms with Gasteiger partial charge in [0, 0.05) is 12.1 Å². The van der Waals surface area contributed by atoms with Crippen LogP contribution in [0.25, 0.3) is 0 Å². The third-order valence-corrected chi connectivity index (χ3v) is 5.07. The minimum atomic E-state index is -0.332. The molecule has 0 aliphatic carbocycles. The van der Waals surface area contributed by atoms with Crippen LogP contribution in [0.5, 0.6) is 0 Å². The molecule has 0 radical (unpaired) electrons. The number of rotatable bonds is 2. The predicted molar refractivity (Wildman–Crippen MR) is 75.6 cm³/mol. The largest absolute Gasteiger partial charge is 0.300 e. The first-order valence-electron chi connectivity index (χ1n) is 7.51. The fraction of sp³-hybridized carbons (Fsp3) is 0.500. The van der Waals surface area contributed by atoms with Gasteiger partial charge < -0.3 is 4.90 Å². The minimum absolute atomic E-state index is 0.0408. The summed E-state index contributed by atoms with van der Waals surface area (Å²) in [6.45, 7) is 0. The maximum Gasteiger partial charge on any atom is 0.285 e. The van der Waals surface area contributed by atoms with Gasteiger partial charge in [-0.2, -0.15) is 0 Å². The number of fused-ring (bicyclic) bond motifs is 3. The number of benzene rings is 1. The second-order valence-corrected chi connectivity index (χ2v) is 6.20. The molecule has 2 unspecified atom stereocenters. The highest BCUT2D eigenvalue weighted by molar-refractivity contribution is 6.20. The van der Waals surface area contributed by atoms with Gasteiger partial charge in [-0.1, -0.05) is 12.1 Å². The van der Waals surface area contributed by atoms with Crippen LogP contribution in [0, 0.1) is 0 Å². The number of hydroxylamine groups is 2. The van der Waals surface area contributed by atoms with Crippen LogP contribution in [0.4, 0.5) is 0 Å². The molecule has 110 valence electrons. The maximum absolute atomic E-state index is 12.3. The zero-order chi connectivity index (χ0) is 14.6. The van der Waals surface area contributed by atoms with Crippen molar-refractivity contribution < 1.29 is 14.4 Å². The van der Waals surface area contributed by atoms with Gasteiger partial charge in [-0.3, -0.25) is 14.4 Å². The summed E-state index contributed by atoms with van der Waals surface area (Å²) in [6.07, 6.45) is 4.11. The third kappa shape index (κ3) is 1.92. The third-order valence-electron chi connectivity index (χ3n) is 5.07. The van der Waals surface area contributed by atoms with E-state index in [-0.39, 0.29) is 17.9 Å². The van der Waals surface area contributed by atoms with Crippen molar-refractivity contribution in [2.75, 3.05) is 7.05 Å². The first kappa shape index (κ1) is 13.0. The highest BCUT2D eigenvalue weighted by Crippen LogP contribution is 2.36. The zero-order valence-electron chi connectivity index (χ0n) is 12.0. The van der Waals surface area contributed by atoms with Gasteiger partial charge in [-0.25, -0.2) is 0 Å². The van der Waals surface area contributed by atoms with Crippen LogP contribution in [-0.4, -0.2) is 47.0 Å². The fourth-order valence-corrected chi connectivity index (χ4v) is 3.86. The van der Waals surface area contributed by atoms with Crippen LogP contribution >= 0.6 is 0 Å². The number of imide groups is 1. The monoisotopic (exact) mass is 286 g/mol. The molecule has 2 saturated heterocycles. The molecular formula is C16H18N2O3. The van der Waals surface area contributed by atoms with E-state index in [9.17, 15) is 9.59 Å². The summed E-state index contributed by atoms with van der Waals surface area (Å²) < 4.78 is 0. The average Bonchev–Trinajstić information content (AvgIpc) is 2.84. The number of nitrogens with zero attached hydrogens (tertiary/aromatic N) is 2. The van der Waals surface area contributed by atoms with E-state index in [0.29, 0.717) is 23.2 Å². The van der Waals surface area contributed by atoms with Crippen molar-refractivity contribution in [2.45, 2.75) is 43.9 Å². The molecule has 0 N–H and O–H groups in total. The van der Waals surface area contributed by atoms with Crippen molar-refractivity contribution in [2.24, 2.45) is 0 Å². The molecular weight excluding hydrogens is 268 g/mol. The predicted octanol–water partition coefficient (Wildman–Crippen LogP) is 1.84. The van der Waals surface area contributed by atoms with Crippen LogP contribution in [0.1, 0.15) is 46.4 Å². The topological polar surface area (TPSA) is 49.9 Å². The Morgan fingerprint density at radius 1 is 1.00 bits per heavy atom. The molecule has 1 aromatic carbocycles. The smallest absolute Gasteiger partial charge is 0.285 e. The molecule has 2 fully saturated rings. The maximum atomic E-state index is 12.3. The summed E-state index contributed by atoms with van der Waals surface area (Å²) in [7, 11) is 2.15.